The molecule has 1 rings (SSSR count). The normalized spacial score (nSPS) is 10.4. The lowest BCUT2D eigenvalue weighted by Crippen LogP contribution is -2.10. The molecule has 0 aliphatic heterocycles. The molecule has 0 saturated carbocycles. The van der Waals surface area contributed by atoms with Gasteiger partial charge in [0.05, 0.1) is 5.69 Å². The van der Waals surface area contributed by atoms with E-state index < -0.39 is 0 Å². The fourth-order valence-electron chi connectivity index (χ4n) is 1.74. The fraction of sp³-hybridized carbons (Fsp3) is 0.615. The van der Waals surface area contributed by atoms with E-state index in [4.69, 9.17) is 9.47 Å². The van der Waals surface area contributed by atoms with Crippen LogP contribution in [0.4, 0.5) is 0 Å². The molecule has 1 heterocycles. The average molecular weight is 300 g/mol. The van der Waals surface area contributed by atoms with Crippen molar-refractivity contribution in [2.45, 2.75) is 52.1 Å². The number of rotatable bonds is 7. The average Bonchev–Trinajstić information content (AvgIpc) is 2.72. The number of esters is 2. The molecule has 7 heteroatoms. The monoisotopic (exact) mass is 300 g/mol. The molecule has 20 heavy (non-hydrogen) atoms. The van der Waals surface area contributed by atoms with E-state index in [0.717, 1.165) is 23.8 Å². The van der Waals surface area contributed by atoms with Gasteiger partial charge in [-0.15, -0.1) is 0 Å². The Kier molecular flexibility index (Phi) is 6.57. The molecular weight excluding hydrogens is 280 g/mol. The molecule has 0 N–H and O–H groups in total. The molecule has 0 bridgehead atoms. The van der Waals surface area contributed by atoms with E-state index in [9.17, 15) is 9.59 Å². The van der Waals surface area contributed by atoms with Crippen LogP contribution in [0.15, 0.2) is 5.16 Å². The maximum Gasteiger partial charge on any atom is 0.303 e. The number of carbonyl (C=O) groups is 2. The van der Waals surface area contributed by atoms with Crippen molar-refractivity contribution in [1.29, 1.82) is 0 Å². The number of hydrogen-bond donors (Lipinski definition) is 0. The molecule has 0 amide bonds. The highest BCUT2D eigenvalue weighted by atomic mass is 32.2. The molecule has 0 unspecified atom stereocenters. The largest absolute Gasteiger partial charge is 0.459 e. The highest BCUT2D eigenvalue weighted by Gasteiger charge is 2.18. The van der Waals surface area contributed by atoms with Crippen molar-refractivity contribution < 1.29 is 19.1 Å². The van der Waals surface area contributed by atoms with Gasteiger partial charge in [-0.25, -0.2) is 4.98 Å². The molecule has 0 fully saturated rings. The molecule has 0 aliphatic rings. The predicted molar refractivity (Wildman–Crippen MR) is 75.2 cm³/mol. The Labute approximate surface area is 122 Å². The Balaban J connectivity index is 3.05. The van der Waals surface area contributed by atoms with E-state index in [1.807, 2.05) is 10.8 Å². The summed E-state index contributed by atoms with van der Waals surface area (Å²) >= 11 is 1.51. The van der Waals surface area contributed by atoms with Crippen molar-refractivity contribution in [2.75, 3.05) is 6.26 Å². The number of carbonyl (C=O) groups excluding carboxylic acids is 2. The van der Waals surface area contributed by atoms with Gasteiger partial charge in [0.2, 0.25) is 0 Å². The minimum Gasteiger partial charge on any atom is -0.459 e. The third kappa shape index (κ3) is 4.56. The Morgan fingerprint density at radius 3 is 2.30 bits per heavy atom. The number of hydrogen-bond acceptors (Lipinski definition) is 6. The van der Waals surface area contributed by atoms with Crippen LogP contribution in [-0.2, 0) is 38.8 Å². The number of thioether (sulfide) groups is 1. The maximum atomic E-state index is 11.0. The van der Waals surface area contributed by atoms with Crippen molar-refractivity contribution in [2.24, 2.45) is 0 Å². The molecule has 0 aliphatic carbocycles. The third-order valence-electron chi connectivity index (χ3n) is 2.57. The number of nitrogens with zero attached hydrogens (tertiary/aromatic N) is 2. The summed E-state index contributed by atoms with van der Waals surface area (Å²) in [4.78, 5) is 26.4. The zero-order chi connectivity index (χ0) is 15.1. The summed E-state index contributed by atoms with van der Waals surface area (Å²) in [5, 5.41) is 0.830. The van der Waals surface area contributed by atoms with Gasteiger partial charge in [-0.3, -0.25) is 9.59 Å². The standard InChI is InChI=1S/C13H20N2O4S/c1-5-6-15-12(8-19-10(3)17)11(7-18-9(2)16)14-13(15)20-4/h5-8H2,1-4H3. The molecule has 0 atom stereocenters. The van der Waals surface area contributed by atoms with Gasteiger partial charge in [0.15, 0.2) is 5.16 Å². The summed E-state index contributed by atoms with van der Waals surface area (Å²) in [7, 11) is 0. The second-order valence-corrected chi connectivity index (χ2v) is 4.98. The van der Waals surface area contributed by atoms with Crippen LogP contribution in [0.5, 0.6) is 0 Å². The molecule has 0 radical (unpaired) electrons. The van der Waals surface area contributed by atoms with E-state index in [2.05, 4.69) is 11.9 Å². The van der Waals surface area contributed by atoms with Crippen molar-refractivity contribution in [3.05, 3.63) is 11.4 Å². The van der Waals surface area contributed by atoms with Crippen molar-refractivity contribution in [1.82, 2.24) is 9.55 Å². The first kappa shape index (κ1) is 16.6. The number of aromatic nitrogens is 2. The van der Waals surface area contributed by atoms with Gasteiger partial charge in [0.25, 0.3) is 0 Å². The van der Waals surface area contributed by atoms with Crippen molar-refractivity contribution >= 4 is 23.7 Å². The summed E-state index contributed by atoms with van der Waals surface area (Å²) < 4.78 is 12.1. The summed E-state index contributed by atoms with van der Waals surface area (Å²) in [6, 6.07) is 0. The topological polar surface area (TPSA) is 70.4 Å². The summed E-state index contributed by atoms with van der Waals surface area (Å²) in [6.45, 7) is 5.78. The van der Waals surface area contributed by atoms with Gasteiger partial charge < -0.3 is 14.0 Å². The van der Waals surface area contributed by atoms with Crippen LogP contribution < -0.4 is 0 Å². The highest BCUT2D eigenvalue weighted by molar-refractivity contribution is 7.98. The van der Waals surface area contributed by atoms with Gasteiger partial charge in [-0.1, -0.05) is 18.7 Å². The molecular formula is C13H20N2O4S. The van der Waals surface area contributed by atoms with E-state index in [1.54, 1.807) is 0 Å². The van der Waals surface area contributed by atoms with E-state index >= 15 is 0 Å². The Morgan fingerprint density at radius 2 is 1.80 bits per heavy atom. The van der Waals surface area contributed by atoms with Gasteiger partial charge >= 0.3 is 11.9 Å². The van der Waals surface area contributed by atoms with Gasteiger partial charge in [-0.2, -0.15) is 0 Å². The molecule has 6 nitrogen and oxygen atoms in total. The van der Waals surface area contributed by atoms with E-state index in [-0.39, 0.29) is 25.2 Å². The molecule has 1 aromatic rings. The lowest BCUT2D eigenvalue weighted by molar-refractivity contribution is -0.144. The minimum atomic E-state index is -0.362. The fourth-order valence-corrected chi connectivity index (χ4v) is 2.36. The second kappa shape index (κ2) is 7.94. The van der Waals surface area contributed by atoms with Crippen LogP contribution in [0.3, 0.4) is 0 Å². The predicted octanol–water partition coefficient (Wildman–Crippen LogP) is 2.14. The summed E-state index contributed by atoms with van der Waals surface area (Å²) in [6.07, 6.45) is 2.86. The molecule has 112 valence electrons. The second-order valence-electron chi connectivity index (χ2n) is 4.20. The Bertz CT molecular complexity index is 485. The van der Waals surface area contributed by atoms with Gasteiger partial charge in [0.1, 0.15) is 18.9 Å². The molecule has 1 aromatic heterocycles. The van der Waals surface area contributed by atoms with E-state index in [1.165, 1.54) is 25.6 Å². The minimum absolute atomic E-state index is 0.0935. The van der Waals surface area contributed by atoms with Crippen LogP contribution >= 0.6 is 11.8 Å². The lowest BCUT2D eigenvalue weighted by Gasteiger charge is -2.10. The van der Waals surface area contributed by atoms with Crippen LogP contribution in [0, 0.1) is 0 Å². The van der Waals surface area contributed by atoms with E-state index in [0.29, 0.717) is 5.69 Å². The first-order valence-electron chi connectivity index (χ1n) is 6.38. The van der Waals surface area contributed by atoms with Crippen LogP contribution in [0.1, 0.15) is 38.6 Å². The smallest absolute Gasteiger partial charge is 0.303 e. The van der Waals surface area contributed by atoms with Crippen molar-refractivity contribution in [3.63, 3.8) is 0 Å². The third-order valence-corrected chi connectivity index (χ3v) is 3.25. The van der Waals surface area contributed by atoms with Crippen LogP contribution in [0.2, 0.25) is 0 Å². The highest BCUT2D eigenvalue weighted by Crippen LogP contribution is 2.22. The van der Waals surface area contributed by atoms with Gasteiger partial charge in [0, 0.05) is 20.4 Å². The Hall–Kier alpha value is -1.50. The number of imidazole rings is 1. The molecule has 0 aromatic carbocycles. The molecule has 0 spiro atoms. The zero-order valence-corrected chi connectivity index (χ0v) is 13.1. The van der Waals surface area contributed by atoms with Crippen LogP contribution in [0.25, 0.3) is 0 Å². The number of ether oxygens (including phenoxy) is 2. The lowest BCUT2D eigenvalue weighted by atomic mass is 10.3. The van der Waals surface area contributed by atoms with Crippen LogP contribution in [-0.4, -0.2) is 27.7 Å². The van der Waals surface area contributed by atoms with Gasteiger partial charge in [-0.05, 0) is 12.7 Å². The SMILES string of the molecule is CCCn1c(SC)nc(COC(C)=O)c1COC(C)=O. The first-order chi connectivity index (χ1) is 9.49. The van der Waals surface area contributed by atoms with Crippen molar-refractivity contribution in [3.8, 4) is 0 Å². The molecule has 0 saturated heterocycles. The maximum absolute atomic E-state index is 11.0. The quantitative estimate of drug-likeness (QED) is 0.567. The Morgan fingerprint density at radius 1 is 1.20 bits per heavy atom. The summed E-state index contributed by atoms with van der Waals surface area (Å²) in [5.74, 6) is -0.711. The first-order valence-corrected chi connectivity index (χ1v) is 7.61. The zero-order valence-electron chi connectivity index (χ0n) is 12.3. The summed E-state index contributed by atoms with van der Waals surface area (Å²) in [5.41, 5.74) is 1.42.